The Morgan fingerprint density at radius 2 is 2.11 bits per heavy atom. The molecule has 7 heteroatoms. The van der Waals surface area contributed by atoms with Crippen molar-refractivity contribution in [3.8, 4) is 17.0 Å². The van der Waals surface area contributed by atoms with Crippen molar-refractivity contribution in [2.45, 2.75) is 12.0 Å². The van der Waals surface area contributed by atoms with Crippen molar-refractivity contribution in [2.24, 2.45) is 0 Å². The summed E-state index contributed by atoms with van der Waals surface area (Å²) in [6, 6.07) is 8.39. The highest BCUT2D eigenvalue weighted by atomic mass is 35.7. The number of hydrogen-bond donors (Lipinski definition) is 0. The van der Waals surface area contributed by atoms with Crippen molar-refractivity contribution in [3.63, 3.8) is 0 Å². The minimum atomic E-state index is -3.91. The summed E-state index contributed by atoms with van der Waals surface area (Å²) in [6.07, 6.45) is 0. The zero-order valence-electron chi connectivity index (χ0n) is 9.46. The number of nitrogens with zero attached hydrogens (tertiary/aromatic N) is 1. The molecule has 0 amide bonds. The number of benzene rings is 1. The van der Waals surface area contributed by atoms with E-state index >= 15 is 0 Å². The zero-order chi connectivity index (χ0) is 13.2. The molecule has 18 heavy (non-hydrogen) atoms. The topological polar surface area (TPSA) is 69.4 Å². The van der Waals surface area contributed by atoms with Gasteiger partial charge in [0.1, 0.15) is 11.4 Å². The molecule has 0 atom stereocenters. The van der Waals surface area contributed by atoms with Crippen LogP contribution in [0.4, 0.5) is 0 Å². The van der Waals surface area contributed by atoms with E-state index in [-0.39, 0.29) is 5.09 Å². The van der Waals surface area contributed by atoms with Crippen molar-refractivity contribution < 1.29 is 17.7 Å². The van der Waals surface area contributed by atoms with Gasteiger partial charge >= 0.3 is 0 Å². The third-order valence-electron chi connectivity index (χ3n) is 2.19. The monoisotopic (exact) mass is 287 g/mol. The molecule has 1 heterocycles. The molecule has 0 unspecified atom stereocenters. The van der Waals surface area contributed by atoms with Gasteiger partial charge in [-0.15, -0.1) is 0 Å². The van der Waals surface area contributed by atoms with Crippen LogP contribution in [0.25, 0.3) is 11.3 Å². The lowest BCUT2D eigenvalue weighted by Gasteiger charge is -2.06. The molecule has 0 bridgehead atoms. The Morgan fingerprint density at radius 1 is 1.39 bits per heavy atom. The smallest absolute Gasteiger partial charge is 0.297 e. The Balaban J connectivity index is 2.46. The average Bonchev–Trinajstić information content (AvgIpc) is 2.79. The molecule has 0 saturated heterocycles. The highest BCUT2D eigenvalue weighted by Gasteiger charge is 2.19. The maximum absolute atomic E-state index is 11.1. The number of ether oxygens (including phenoxy) is 1. The summed E-state index contributed by atoms with van der Waals surface area (Å²) in [6.45, 7) is 2.35. The first-order valence-corrected chi connectivity index (χ1v) is 7.47. The van der Waals surface area contributed by atoms with Crippen molar-refractivity contribution in [3.05, 3.63) is 30.3 Å². The number of hydrogen-bond acceptors (Lipinski definition) is 5. The second-order valence-corrected chi connectivity index (χ2v) is 5.90. The Hall–Kier alpha value is -1.53. The van der Waals surface area contributed by atoms with Gasteiger partial charge in [-0.1, -0.05) is 17.3 Å². The average molecular weight is 288 g/mol. The molecule has 0 N–H and O–H groups in total. The number of halogens is 1. The van der Waals surface area contributed by atoms with E-state index in [0.717, 1.165) is 0 Å². The van der Waals surface area contributed by atoms with E-state index in [1.807, 2.05) is 13.0 Å². The van der Waals surface area contributed by atoms with Gasteiger partial charge in [0, 0.05) is 22.3 Å². The third kappa shape index (κ3) is 2.65. The zero-order valence-corrected chi connectivity index (χ0v) is 11.0. The number of para-hydroxylation sites is 1. The van der Waals surface area contributed by atoms with E-state index in [1.54, 1.807) is 18.2 Å². The molecule has 0 aliphatic rings. The Labute approximate surface area is 109 Å². The van der Waals surface area contributed by atoms with Crippen LogP contribution in [0.3, 0.4) is 0 Å². The summed E-state index contributed by atoms with van der Waals surface area (Å²) in [7, 11) is 1.25. The first-order chi connectivity index (χ1) is 8.52. The van der Waals surface area contributed by atoms with Gasteiger partial charge in [0.25, 0.3) is 14.1 Å². The van der Waals surface area contributed by atoms with Crippen LogP contribution >= 0.6 is 10.7 Å². The maximum Gasteiger partial charge on any atom is 0.297 e. The minimum Gasteiger partial charge on any atom is -0.493 e. The molecule has 96 valence electrons. The summed E-state index contributed by atoms with van der Waals surface area (Å²) in [4.78, 5) is 0. The Morgan fingerprint density at radius 3 is 2.72 bits per heavy atom. The van der Waals surface area contributed by atoms with Gasteiger partial charge in [-0.05, 0) is 19.1 Å². The molecule has 0 aliphatic carbocycles. The van der Waals surface area contributed by atoms with Gasteiger partial charge in [0.2, 0.25) is 0 Å². The van der Waals surface area contributed by atoms with Gasteiger partial charge in [0.15, 0.2) is 0 Å². The molecule has 1 aromatic carbocycles. The van der Waals surface area contributed by atoms with Crippen LogP contribution in [0.15, 0.2) is 39.9 Å². The van der Waals surface area contributed by atoms with Crippen LogP contribution in [0.2, 0.25) is 0 Å². The lowest BCUT2D eigenvalue weighted by atomic mass is 10.1. The lowest BCUT2D eigenvalue weighted by molar-refractivity contribution is 0.337. The molecule has 0 fully saturated rings. The number of aromatic nitrogens is 1. The second kappa shape index (κ2) is 4.99. The summed E-state index contributed by atoms with van der Waals surface area (Å²) < 4.78 is 32.3. The summed E-state index contributed by atoms with van der Waals surface area (Å²) in [5, 5.41) is 3.29. The summed E-state index contributed by atoms with van der Waals surface area (Å²) in [5.74, 6) is 0.604. The molecule has 0 aliphatic heterocycles. The van der Waals surface area contributed by atoms with Crippen LogP contribution in [-0.4, -0.2) is 20.2 Å². The van der Waals surface area contributed by atoms with Crippen molar-refractivity contribution in [2.75, 3.05) is 6.61 Å². The van der Waals surface area contributed by atoms with E-state index in [0.29, 0.717) is 23.6 Å². The van der Waals surface area contributed by atoms with E-state index < -0.39 is 9.05 Å². The lowest BCUT2D eigenvalue weighted by Crippen LogP contribution is -1.93. The fourth-order valence-corrected chi connectivity index (χ4v) is 2.06. The predicted molar refractivity (Wildman–Crippen MR) is 66.1 cm³/mol. The normalized spacial score (nSPS) is 11.4. The molecule has 2 aromatic rings. The summed E-state index contributed by atoms with van der Waals surface area (Å²) >= 11 is 0. The van der Waals surface area contributed by atoms with Crippen LogP contribution in [0.5, 0.6) is 5.75 Å². The molecule has 5 nitrogen and oxygen atoms in total. The molecule has 2 rings (SSSR count). The fraction of sp³-hybridized carbons (Fsp3) is 0.182. The fourth-order valence-electron chi connectivity index (χ4n) is 1.46. The highest BCUT2D eigenvalue weighted by molar-refractivity contribution is 8.13. The van der Waals surface area contributed by atoms with Crippen molar-refractivity contribution >= 4 is 19.7 Å². The quantitative estimate of drug-likeness (QED) is 0.809. The van der Waals surface area contributed by atoms with Crippen molar-refractivity contribution in [1.82, 2.24) is 5.16 Å². The molecule has 0 radical (unpaired) electrons. The van der Waals surface area contributed by atoms with E-state index in [9.17, 15) is 8.42 Å². The standard InChI is InChI=1S/C11H10ClNO4S/c1-2-16-10-6-4-3-5-8(10)9-7-11(17-13-9)18(12,14)15/h3-7H,2H2,1H3. The first kappa shape index (κ1) is 12.9. The van der Waals surface area contributed by atoms with Crippen LogP contribution in [0, 0.1) is 0 Å². The van der Waals surface area contributed by atoms with Crippen LogP contribution < -0.4 is 4.74 Å². The maximum atomic E-state index is 11.1. The van der Waals surface area contributed by atoms with Gasteiger partial charge in [-0.3, -0.25) is 0 Å². The summed E-state index contributed by atoms with van der Waals surface area (Å²) in [5.41, 5.74) is 1.01. The van der Waals surface area contributed by atoms with E-state index in [1.165, 1.54) is 6.07 Å². The molecular formula is C11H10ClNO4S. The highest BCUT2D eigenvalue weighted by Crippen LogP contribution is 2.30. The van der Waals surface area contributed by atoms with Crippen LogP contribution in [-0.2, 0) is 9.05 Å². The Bertz CT molecular complexity index is 651. The molecule has 0 saturated carbocycles. The van der Waals surface area contributed by atoms with Gasteiger partial charge in [-0.2, -0.15) is 0 Å². The van der Waals surface area contributed by atoms with E-state index in [4.69, 9.17) is 19.9 Å². The van der Waals surface area contributed by atoms with Crippen LogP contribution in [0.1, 0.15) is 6.92 Å². The first-order valence-electron chi connectivity index (χ1n) is 5.16. The number of rotatable bonds is 4. The van der Waals surface area contributed by atoms with Gasteiger partial charge in [0.05, 0.1) is 6.61 Å². The van der Waals surface area contributed by atoms with E-state index in [2.05, 4.69) is 5.16 Å². The molecule has 0 spiro atoms. The van der Waals surface area contributed by atoms with Gasteiger partial charge < -0.3 is 9.26 Å². The molecule has 1 aromatic heterocycles. The molecular weight excluding hydrogens is 278 g/mol. The predicted octanol–water partition coefficient (Wildman–Crippen LogP) is 2.67. The van der Waals surface area contributed by atoms with Gasteiger partial charge in [-0.25, -0.2) is 8.42 Å². The largest absolute Gasteiger partial charge is 0.493 e. The third-order valence-corrected chi connectivity index (χ3v) is 3.32. The Kier molecular flexibility index (Phi) is 3.58. The minimum absolute atomic E-state index is 0.360. The van der Waals surface area contributed by atoms with Crippen molar-refractivity contribution in [1.29, 1.82) is 0 Å². The SMILES string of the molecule is CCOc1ccccc1-c1cc(S(=O)(=O)Cl)on1. The second-order valence-electron chi connectivity index (χ2n) is 3.40.